The summed E-state index contributed by atoms with van der Waals surface area (Å²) >= 11 is 0. The molecule has 0 aromatic carbocycles. The van der Waals surface area contributed by atoms with Crippen molar-refractivity contribution >= 4 is 0 Å². The maximum atomic E-state index is 5.19. The number of hydrogen-bond donors (Lipinski definition) is 0. The second kappa shape index (κ2) is 6.96. The quantitative estimate of drug-likeness (QED) is 0.498. The van der Waals surface area contributed by atoms with Gasteiger partial charge >= 0.3 is 0 Å². The van der Waals surface area contributed by atoms with Crippen LogP contribution in [0.2, 0.25) is 0 Å². The van der Waals surface area contributed by atoms with E-state index in [0.29, 0.717) is 0 Å². The molecule has 0 spiro atoms. The lowest BCUT2D eigenvalue weighted by molar-refractivity contribution is 0.137. The van der Waals surface area contributed by atoms with Gasteiger partial charge in [0.05, 0.1) is 0 Å². The van der Waals surface area contributed by atoms with Crippen molar-refractivity contribution in [2.75, 3.05) is 13.2 Å². The van der Waals surface area contributed by atoms with E-state index in [2.05, 4.69) is 20.3 Å². The largest absolute Gasteiger partial charge is 0.381 e. The summed E-state index contributed by atoms with van der Waals surface area (Å²) in [5.41, 5.74) is 0. The van der Waals surface area contributed by atoms with Crippen LogP contribution in [-0.4, -0.2) is 13.2 Å². The van der Waals surface area contributed by atoms with Gasteiger partial charge in [-0.2, -0.15) is 0 Å². The van der Waals surface area contributed by atoms with Crippen molar-refractivity contribution in [3.8, 4) is 0 Å². The molecule has 49 valence electrons. The smallest absolute Gasteiger partial charge is 0.0468 e. The van der Waals surface area contributed by atoms with Gasteiger partial charge in [0.1, 0.15) is 0 Å². The zero-order valence-corrected chi connectivity index (χ0v) is 5.81. The summed E-state index contributed by atoms with van der Waals surface area (Å²) in [7, 11) is 0. The standard InChI is InChI=1S/C7H15O/c1-3-5-7-8-6-4-2/h3H,4-7H2,1-2H3. The lowest BCUT2D eigenvalue weighted by Gasteiger charge is -1.97. The third-order valence-corrected chi connectivity index (χ3v) is 0.899. The van der Waals surface area contributed by atoms with Gasteiger partial charge in [0, 0.05) is 13.2 Å². The summed E-state index contributed by atoms with van der Waals surface area (Å²) in [5, 5.41) is 0. The molecular formula is C7H15O. The average Bonchev–Trinajstić information content (AvgIpc) is 1.81. The molecule has 0 amide bonds. The molecule has 0 heterocycles. The Morgan fingerprint density at radius 2 is 2.12 bits per heavy atom. The second-order valence-corrected chi connectivity index (χ2v) is 1.81. The summed E-state index contributed by atoms with van der Waals surface area (Å²) in [6, 6.07) is 0. The lowest BCUT2D eigenvalue weighted by atomic mass is 10.4. The Morgan fingerprint density at radius 3 is 2.62 bits per heavy atom. The van der Waals surface area contributed by atoms with Gasteiger partial charge in [0.15, 0.2) is 0 Å². The van der Waals surface area contributed by atoms with Gasteiger partial charge in [-0.3, -0.25) is 0 Å². The minimum absolute atomic E-state index is 0.893. The van der Waals surface area contributed by atoms with Crippen molar-refractivity contribution in [3.05, 3.63) is 6.42 Å². The first-order chi connectivity index (χ1) is 3.91. The molecule has 0 saturated carbocycles. The molecule has 0 aliphatic heterocycles. The van der Waals surface area contributed by atoms with Gasteiger partial charge in [-0.05, 0) is 19.3 Å². The van der Waals surface area contributed by atoms with Crippen molar-refractivity contribution < 1.29 is 4.74 Å². The third kappa shape index (κ3) is 5.96. The SMILES string of the molecule is C[CH]CCOCCC. The minimum Gasteiger partial charge on any atom is -0.381 e. The maximum absolute atomic E-state index is 5.19. The number of hydrogen-bond acceptors (Lipinski definition) is 1. The molecule has 0 unspecified atom stereocenters. The Hall–Kier alpha value is -0.0400. The van der Waals surface area contributed by atoms with Gasteiger partial charge in [-0.25, -0.2) is 0 Å². The van der Waals surface area contributed by atoms with Crippen LogP contribution in [0.15, 0.2) is 0 Å². The molecule has 0 aliphatic carbocycles. The zero-order chi connectivity index (χ0) is 6.24. The fourth-order valence-corrected chi connectivity index (χ4v) is 0.448. The first kappa shape index (κ1) is 7.96. The molecule has 0 saturated heterocycles. The van der Waals surface area contributed by atoms with Crippen LogP contribution in [0.25, 0.3) is 0 Å². The van der Waals surface area contributed by atoms with Crippen molar-refractivity contribution in [2.45, 2.75) is 26.7 Å². The molecule has 0 atom stereocenters. The summed E-state index contributed by atoms with van der Waals surface area (Å²) in [6.07, 6.45) is 4.33. The van der Waals surface area contributed by atoms with Gasteiger partial charge in [-0.1, -0.05) is 13.8 Å². The summed E-state index contributed by atoms with van der Waals surface area (Å²) in [6.45, 7) is 5.98. The molecule has 0 aliphatic rings. The van der Waals surface area contributed by atoms with E-state index in [9.17, 15) is 0 Å². The van der Waals surface area contributed by atoms with Crippen molar-refractivity contribution in [1.82, 2.24) is 0 Å². The van der Waals surface area contributed by atoms with Crippen LogP contribution in [0.5, 0.6) is 0 Å². The first-order valence-corrected chi connectivity index (χ1v) is 3.27. The van der Waals surface area contributed by atoms with E-state index in [1.54, 1.807) is 0 Å². The number of unbranched alkanes of at least 4 members (excludes halogenated alkanes) is 1. The fourth-order valence-electron chi connectivity index (χ4n) is 0.448. The van der Waals surface area contributed by atoms with Crippen LogP contribution in [0, 0.1) is 6.42 Å². The third-order valence-electron chi connectivity index (χ3n) is 0.899. The Labute approximate surface area is 52.0 Å². The Bertz CT molecular complexity index is 29.4. The predicted octanol–water partition coefficient (Wildman–Crippen LogP) is 2.03. The minimum atomic E-state index is 0.893. The van der Waals surface area contributed by atoms with Crippen molar-refractivity contribution in [3.63, 3.8) is 0 Å². The molecule has 8 heavy (non-hydrogen) atoms. The second-order valence-electron chi connectivity index (χ2n) is 1.81. The summed E-state index contributed by atoms with van der Waals surface area (Å²) in [4.78, 5) is 0. The van der Waals surface area contributed by atoms with Crippen LogP contribution in [0.4, 0.5) is 0 Å². The van der Waals surface area contributed by atoms with Crippen LogP contribution in [0.1, 0.15) is 26.7 Å². The van der Waals surface area contributed by atoms with Crippen molar-refractivity contribution in [1.29, 1.82) is 0 Å². The van der Waals surface area contributed by atoms with E-state index in [0.717, 1.165) is 26.1 Å². The molecule has 0 bridgehead atoms. The Morgan fingerprint density at radius 1 is 1.38 bits per heavy atom. The number of rotatable bonds is 5. The topological polar surface area (TPSA) is 9.23 Å². The van der Waals surface area contributed by atoms with E-state index < -0.39 is 0 Å². The lowest BCUT2D eigenvalue weighted by Crippen LogP contribution is -1.94. The highest BCUT2D eigenvalue weighted by atomic mass is 16.5. The van der Waals surface area contributed by atoms with Crippen LogP contribution in [-0.2, 0) is 4.74 Å². The molecule has 0 rings (SSSR count). The molecule has 1 heteroatoms. The van der Waals surface area contributed by atoms with Crippen LogP contribution >= 0.6 is 0 Å². The van der Waals surface area contributed by atoms with E-state index >= 15 is 0 Å². The van der Waals surface area contributed by atoms with Crippen LogP contribution < -0.4 is 0 Å². The van der Waals surface area contributed by atoms with E-state index in [4.69, 9.17) is 4.74 Å². The molecule has 1 nitrogen and oxygen atoms in total. The Balaban J connectivity index is 2.53. The molecule has 0 aromatic heterocycles. The summed E-state index contributed by atoms with van der Waals surface area (Å²) in [5.74, 6) is 0. The van der Waals surface area contributed by atoms with E-state index in [1.165, 1.54) is 0 Å². The number of ether oxygens (including phenoxy) is 1. The normalized spacial score (nSPS) is 9.75. The van der Waals surface area contributed by atoms with Gasteiger partial charge < -0.3 is 4.74 Å². The zero-order valence-electron chi connectivity index (χ0n) is 5.81. The van der Waals surface area contributed by atoms with E-state index in [1.807, 2.05) is 0 Å². The van der Waals surface area contributed by atoms with Gasteiger partial charge in [0.2, 0.25) is 0 Å². The monoisotopic (exact) mass is 115 g/mol. The van der Waals surface area contributed by atoms with Gasteiger partial charge in [-0.15, -0.1) is 0 Å². The molecule has 0 N–H and O–H groups in total. The first-order valence-electron chi connectivity index (χ1n) is 3.27. The average molecular weight is 115 g/mol. The Kier molecular flexibility index (Phi) is 6.93. The predicted molar refractivity (Wildman–Crippen MR) is 35.7 cm³/mol. The fraction of sp³-hybridized carbons (Fsp3) is 0.857. The highest BCUT2D eigenvalue weighted by Gasteiger charge is 1.82. The highest BCUT2D eigenvalue weighted by molar-refractivity contribution is 4.52. The van der Waals surface area contributed by atoms with Crippen molar-refractivity contribution in [2.24, 2.45) is 0 Å². The van der Waals surface area contributed by atoms with E-state index in [-0.39, 0.29) is 0 Å². The highest BCUT2D eigenvalue weighted by Crippen LogP contribution is 1.86. The molecule has 0 fully saturated rings. The molecular weight excluding hydrogens is 100 g/mol. The van der Waals surface area contributed by atoms with Gasteiger partial charge in [0.25, 0.3) is 0 Å². The van der Waals surface area contributed by atoms with Crippen LogP contribution in [0.3, 0.4) is 0 Å². The molecule has 0 aromatic rings. The summed E-state index contributed by atoms with van der Waals surface area (Å²) < 4.78 is 5.19. The maximum Gasteiger partial charge on any atom is 0.0468 e. The molecule has 1 radical (unpaired) electrons.